The first-order valence-corrected chi connectivity index (χ1v) is 7.90. The van der Waals surface area contributed by atoms with Gasteiger partial charge in [-0.1, -0.05) is 18.2 Å². The van der Waals surface area contributed by atoms with Crippen LogP contribution in [-0.2, 0) is 0 Å². The molecule has 0 unspecified atom stereocenters. The van der Waals surface area contributed by atoms with Crippen LogP contribution in [0.1, 0.15) is 18.4 Å². The minimum absolute atomic E-state index is 0.0425. The zero-order valence-corrected chi connectivity index (χ0v) is 13.2. The number of piperidine rings is 1. The predicted octanol–water partition coefficient (Wildman–Crippen LogP) is 3.47. The topological polar surface area (TPSA) is 54.5 Å². The summed E-state index contributed by atoms with van der Waals surface area (Å²) in [6.07, 6.45) is 5.25. The smallest absolute Gasteiger partial charge is 0.321 e. The Morgan fingerprint density at radius 3 is 2.70 bits per heavy atom. The molecule has 0 aliphatic carbocycles. The number of nitrogens with one attached hydrogen (secondary N) is 1. The summed E-state index contributed by atoms with van der Waals surface area (Å²) in [5, 5.41) is 2.98. The van der Waals surface area contributed by atoms with E-state index in [0.717, 1.165) is 29.8 Å². The van der Waals surface area contributed by atoms with E-state index < -0.39 is 0 Å². The van der Waals surface area contributed by atoms with Crippen molar-refractivity contribution in [3.05, 3.63) is 54.4 Å². The number of nitrogens with zero attached hydrogens (tertiary/aromatic N) is 2. The van der Waals surface area contributed by atoms with Crippen molar-refractivity contribution in [2.45, 2.75) is 25.9 Å². The number of aromatic nitrogens is 1. The molecule has 0 atom stereocenters. The zero-order valence-electron chi connectivity index (χ0n) is 13.2. The highest BCUT2D eigenvalue weighted by Gasteiger charge is 2.24. The van der Waals surface area contributed by atoms with Gasteiger partial charge in [0.25, 0.3) is 0 Å². The first-order valence-electron chi connectivity index (χ1n) is 7.90. The maximum atomic E-state index is 12.3. The zero-order chi connectivity index (χ0) is 16.1. The van der Waals surface area contributed by atoms with E-state index >= 15 is 0 Å². The first kappa shape index (κ1) is 15.3. The molecular weight excluding hydrogens is 290 g/mol. The second-order valence-electron chi connectivity index (χ2n) is 5.74. The quantitative estimate of drug-likeness (QED) is 0.944. The summed E-state index contributed by atoms with van der Waals surface area (Å²) in [7, 11) is 0. The van der Waals surface area contributed by atoms with Gasteiger partial charge in [0.1, 0.15) is 11.9 Å². The molecule has 2 amide bonds. The number of aryl methyl sites for hydroxylation is 1. The average molecular weight is 311 g/mol. The van der Waals surface area contributed by atoms with Gasteiger partial charge in [-0.25, -0.2) is 4.79 Å². The van der Waals surface area contributed by atoms with Crippen molar-refractivity contribution in [2.24, 2.45) is 0 Å². The van der Waals surface area contributed by atoms with Gasteiger partial charge in [-0.2, -0.15) is 0 Å². The maximum absolute atomic E-state index is 12.3. The Hall–Kier alpha value is -2.56. The largest absolute Gasteiger partial charge is 0.489 e. The van der Waals surface area contributed by atoms with Gasteiger partial charge in [-0.05, 0) is 30.7 Å². The number of rotatable bonds is 3. The van der Waals surface area contributed by atoms with Gasteiger partial charge in [0.05, 0.1) is 6.20 Å². The average Bonchev–Trinajstić information content (AvgIpc) is 2.58. The maximum Gasteiger partial charge on any atom is 0.321 e. The third-order valence-corrected chi connectivity index (χ3v) is 4.05. The molecular formula is C18H21N3O2. The number of pyridine rings is 1. The molecule has 2 aromatic rings. The summed E-state index contributed by atoms with van der Waals surface area (Å²) in [6.45, 7) is 3.38. The number of hydrogen-bond donors (Lipinski definition) is 1. The van der Waals surface area contributed by atoms with E-state index in [1.807, 2.05) is 48.2 Å². The molecule has 5 nitrogen and oxygen atoms in total. The van der Waals surface area contributed by atoms with E-state index in [1.54, 1.807) is 12.4 Å². The van der Waals surface area contributed by atoms with E-state index in [1.165, 1.54) is 0 Å². The van der Waals surface area contributed by atoms with Gasteiger partial charge < -0.3 is 15.0 Å². The molecule has 0 saturated carbocycles. The molecule has 1 fully saturated rings. The number of ether oxygens (including phenoxy) is 1. The highest BCUT2D eigenvalue weighted by Crippen LogP contribution is 2.19. The summed E-state index contributed by atoms with van der Waals surface area (Å²) < 4.78 is 5.90. The molecule has 1 N–H and O–H groups in total. The van der Waals surface area contributed by atoms with Gasteiger partial charge in [0, 0.05) is 37.8 Å². The summed E-state index contributed by atoms with van der Waals surface area (Å²) in [4.78, 5) is 18.2. The van der Waals surface area contributed by atoms with Crippen LogP contribution >= 0.6 is 0 Å². The number of anilines is 1. The monoisotopic (exact) mass is 311 g/mol. The molecule has 1 aromatic heterocycles. The van der Waals surface area contributed by atoms with Gasteiger partial charge in [0.2, 0.25) is 0 Å². The Balaban J connectivity index is 1.50. The summed E-state index contributed by atoms with van der Waals surface area (Å²) in [5.41, 5.74) is 1.93. The van der Waals surface area contributed by atoms with Crippen LogP contribution in [0.2, 0.25) is 0 Å². The molecule has 0 bridgehead atoms. The van der Waals surface area contributed by atoms with Gasteiger partial charge in [-0.3, -0.25) is 4.98 Å². The van der Waals surface area contributed by atoms with Crippen molar-refractivity contribution in [3.63, 3.8) is 0 Å². The minimum Gasteiger partial charge on any atom is -0.489 e. The highest BCUT2D eigenvalue weighted by atomic mass is 16.5. The van der Waals surface area contributed by atoms with Crippen molar-refractivity contribution in [3.8, 4) is 5.75 Å². The predicted molar refractivity (Wildman–Crippen MR) is 89.7 cm³/mol. The number of benzene rings is 1. The van der Waals surface area contributed by atoms with E-state index in [-0.39, 0.29) is 12.1 Å². The fourth-order valence-corrected chi connectivity index (χ4v) is 2.69. The number of para-hydroxylation sites is 1. The van der Waals surface area contributed by atoms with Crippen molar-refractivity contribution in [2.75, 3.05) is 18.4 Å². The summed E-state index contributed by atoms with van der Waals surface area (Å²) in [5.74, 6) is 0.787. The lowest BCUT2D eigenvalue weighted by molar-refractivity contribution is 0.115. The summed E-state index contributed by atoms with van der Waals surface area (Å²) in [6, 6.07) is 11.5. The molecule has 23 heavy (non-hydrogen) atoms. The third-order valence-electron chi connectivity index (χ3n) is 4.05. The molecule has 1 saturated heterocycles. The van der Waals surface area contributed by atoms with Crippen LogP contribution in [0.15, 0.2) is 48.8 Å². The standard InChI is InChI=1S/C18H21N3O2/c1-14-5-2-3-7-17(14)20-18(22)21-11-8-15(9-12-21)23-16-6-4-10-19-13-16/h2-7,10,13,15H,8-9,11-12H2,1H3,(H,20,22). The molecule has 0 spiro atoms. The number of likely N-dealkylation sites (tertiary alicyclic amines) is 1. The number of urea groups is 1. The molecule has 5 heteroatoms. The Morgan fingerprint density at radius 2 is 2.00 bits per heavy atom. The second kappa shape index (κ2) is 7.13. The Labute approximate surface area is 136 Å². The van der Waals surface area contributed by atoms with Crippen molar-refractivity contribution >= 4 is 11.7 Å². The van der Waals surface area contributed by atoms with Crippen LogP contribution in [0.25, 0.3) is 0 Å². The number of hydrogen-bond acceptors (Lipinski definition) is 3. The van der Waals surface area contributed by atoms with Gasteiger partial charge in [-0.15, -0.1) is 0 Å². The minimum atomic E-state index is -0.0425. The molecule has 1 aliphatic heterocycles. The molecule has 2 heterocycles. The van der Waals surface area contributed by atoms with E-state index in [0.29, 0.717) is 13.1 Å². The van der Waals surface area contributed by atoms with Gasteiger partial charge in [0.15, 0.2) is 0 Å². The van der Waals surface area contributed by atoms with Crippen molar-refractivity contribution in [1.82, 2.24) is 9.88 Å². The normalized spacial score (nSPS) is 15.3. The van der Waals surface area contributed by atoms with E-state index in [2.05, 4.69) is 10.3 Å². The number of amides is 2. The Bertz CT molecular complexity index is 652. The second-order valence-corrected chi connectivity index (χ2v) is 5.74. The fraction of sp³-hybridized carbons (Fsp3) is 0.333. The molecule has 0 radical (unpaired) electrons. The Kier molecular flexibility index (Phi) is 4.76. The highest BCUT2D eigenvalue weighted by molar-refractivity contribution is 5.90. The molecule has 1 aromatic carbocycles. The molecule has 1 aliphatic rings. The van der Waals surface area contributed by atoms with Crippen LogP contribution in [-0.4, -0.2) is 35.1 Å². The summed E-state index contributed by atoms with van der Waals surface area (Å²) >= 11 is 0. The van der Waals surface area contributed by atoms with Crippen LogP contribution < -0.4 is 10.1 Å². The lowest BCUT2D eigenvalue weighted by Crippen LogP contribution is -2.43. The number of carbonyl (C=O) groups is 1. The van der Waals surface area contributed by atoms with E-state index in [9.17, 15) is 4.79 Å². The third kappa shape index (κ3) is 4.00. The van der Waals surface area contributed by atoms with Crippen molar-refractivity contribution < 1.29 is 9.53 Å². The fourth-order valence-electron chi connectivity index (χ4n) is 2.69. The van der Waals surface area contributed by atoms with Crippen LogP contribution in [0, 0.1) is 6.92 Å². The van der Waals surface area contributed by atoms with Crippen molar-refractivity contribution in [1.29, 1.82) is 0 Å². The lowest BCUT2D eigenvalue weighted by atomic mass is 10.1. The van der Waals surface area contributed by atoms with Crippen LogP contribution in [0.5, 0.6) is 5.75 Å². The first-order chi connectivity index (χ1) is 11.2. The SMILES string of the molecule is Cc1ccccc1NC(=O)N1CCC(Oc2cccnc2)CC1. The molecule has 3 rings (SSSR count). The lowest BCUT2D eigenvalue weighted by Gasteiger charge is -2.32. The van der Waals surface area contributed by atoms with Gasteiger partial charge >= 0.3 is 6.03 Å². The Morgan fingerprint density at radius 1 is 1.22 bits per heavy atom. The van der Waals surface area contributed by atoms with E-state index in [4.69, 9.17) is 4.74 Å². The molecule has 120 valence electrons. The van der Waals surface area contributed by atoms with Crippen LogP contribution in [0.4, 0.5) is 10.5 Å². The number of carbonyl (C=O) groups excluding carboxylic acids is 1. The van der Waals surface area contributed by atoms with Crippen LogP contribution in [0.3, 0.4) is 0 Å².